The van der Waals surface area contributed by atoms with E-state index in [1.54, 1.807) is 12.4 Å². The Balaban J connectivity index is 1.64. The molecule has 0 bridgehead atoms. The summed E-state index contributed by atoms with van der Waals surface area (Å²) in [6.07, 6.45) is 6.24. The van der Waals surface area contributed by atoms with E-state index in [1.165, 1.54) is 0 Å². The third-order valence-electron chi connectivity index (χ3n) is 3.89. The van der Waals surface area contributed by atoms with Gasteiger partial charge in [0.05, 0.1) is 5.02 Å². The van der Waals surface area contributed by atoms with Gasteiger partial charge in [-0.25, -0.2) is 9.97 Å². The highest BCUT2D eigenvalue weighted by molar-refractivity contribution is 6.30. The highest BCUT2D eigenvalue weighted by Crippen LogP contribution is 2.28. The van der Waals surface area contributed by atoms with Gasteiger partial charge in [0.25, 0.3) is 0 Å². The number of aldehydes is 1. The number of piperidine rings is 1. The van der Waals surface area contributed by atoms with Gasteiger partial charge in [0, 0.05) is 42.7 Å². The summed E-state index contributed by atoms with van der Waals surface area (Å²) in [6, 6.07) is 7.72. The lowest BCUT2D eigenvalue weighted by Gasteiger charge is -2.33. The van der Waals surface area contributed by atoms with E-state index >= 15 is 0 Å². The van der Waals surface area contributed by atoms with Crippen molar-refractivity contribution < 1.29 is 4.79 Å². The van der Waals surface area contributed by atoms with E-state index < -0.39 is 0 Å². The molecule has 0 unspecified atom stereocenters. The Kier molecular flexibility index (Phi) is 4.15. The van der Waals surface area contributed by atoms with Crippen molar-refractivity contribution in [2.75, 3.05) is 18.0 Å². The first kappa shape index (κ1) is 14.0. The van der Waals surface area contributed by atoms with Crippen molar-refractivity contribution in [3.8, 4) is 0 Å². The van der Waals surface area contributed by atoms with Crippen molar-refractivity contribution in [1.82, 2.24) is 9.97 Å². The van der Waals surface area contributed by atoms with Crippen molar-refractivity contribution in [3.05, 3.63) is 53.1 Å². The minimum Gasteiger partial charge on any atom is -0.371 e. The Hall–Kier alpha value is -1.94. The SMILES string of the molecule is O=Cc1ccc(N2CCC(c3ncc(Cl)cn3)CC2)cc1. The van der Waals surface area contributed by atoms with Crippen LogP contribution >= 0.6 is 11.6 Å². The molecule has 0 atom stereocenters. The molecule has 2 aromatic rings. The maximum absolute atomic E-state index is 10.7. The number of hydrogen-bond acceptors (Lipinski definition) is 4. The topological polar surface area (TPSA) is 46.1 Å². The van der Waals surface area contributed by atoms with Gasteiger partial charge >= 0.3 is 0 Å². The predicted molar refractivity (Wildman–Crippen MR) is 83.1 cm³/mol. The second-order valence-corrected chi connectivity index (χ2v) is 5.67. The van der Waals surface area contributed by atoms with Crippen LogP contribution in [0.1, 0.15) is 34.9 Å². The zero-order chi connectivity index (χ0) is 14.7. The Morgan fingerprint density at radius 3 is 2.29 bits per heavy atom. The van der Waals surface area contributed by atoms with E-state index in [-0.39, 0.29) is 0 Å². The van der Waals surface area contributed by atoms with Crippen LogP contribution in [0.25, 0.3) is 0 Å². The Labute approximate surface area is 128 Å². The van der Waals surface area contributed by atoms with Gasteiger partial charge in [0.2, 0.25) is 0 Å². The van der Waals surface area contributed by atoms with Crippen molar-refractivity contribution in [2.45, 2.75) is 18.8 Å². The fraction of sp³-hybridized carbons (Fsp3) is 0.312. The predicted octanol–water partition coefficient (Wildman–Crippen LogP) is 3.33. The summed E-state index contributed by atoms with van der Waals surface area (Å²) in [5.74, 6) is 1.28. The molecule has 2 heterocycles. The summed E-state index contributed by atoms with van der Waals surface area (Å²) in [5.41, 5.74) is 1.87. The normalized spacial score (nSPS) is 16.0. The number of carbonyl (C=O) groups excluding carboxylic acids is 1. The minimum absolute atomic E-state index is 0.396. The van der Waals surface area contributed by atoms with Crippen LogP contribution < -0.4 is 4.90 Å². The number of rotatable bonds is 3. The first-order valence-corrected chi connectivity index (χ1v) is 7.41. The summed E-state index contributed by atoms with van der Waals surface area (Å²) >= 11 is 5.82. The van der Waals surface area contributed by atoms with Crippen LogP contribution in [-0.2, 0) is 0 Å². The Bertz CT molecular complexity index is 604. The molecule has 1 fully saturated rings. The molecule has 1 aliphatic rings. The molecule has 5 heteroatoms. The number of halogens is 1. The molecule has 3 rings (SSSR count). The molecule has 4 nitrogen and oxygen atoms in total. The molecule has 0 amide bonds. The second kappa shape index (κ2) is 6.22. The van der Waals surface area contributed by atoms with Crippen molar-refractivity contribution in [2.24, 2.45) is 0 Å². The molecular formula is C16H16ClN3O. The van der Waals surface area contributed by atoms with Crippen LogP contribution in [0.3, 0.4) is 0 Å². The summed E-state index contributed by atoms with van der Waals surface area (Å²) < 4.78 is 0. The third kappa shape index (κ3) is 3.22. The third-order valence-corrected chi connectivity index (χ3v) is 4.09. The molecule has 0 N–H and O–H groups in total. The number of nitrogens with zero attached hydrogens (tertiary/aromatic N) is 3. The maximum Gasteiger partial charge on any atom is 0.150 e. The maximum atomic E-state index is 10.7. The highest BCUT2D eigenvalue weighted by Gasteiger charge is 2.22. The quantitative estimate of drug-likeness (QED) is 0.816. The van der Waals surface area contributed by atoms with Crippen molar-refractivity contribution >= 4 is 23.6 Å². The van der Waals surface area contributed by atoms with Gasteiger partial charge in [0.1, 0.15) is 12.1 Å². The standard InChI is InChI=1S/C16H16ClN3O/c17-14-9-18-16(19-10-14)13-5-7-20(8-6-13)15-3-1-12(11-21)2-4-15/h1-4,9-11,13H,5-8H2. The van der Waals surface area contributed by atoms with Gasteiger partial charge in [0.15, 0.2) is 0 Å². The molecule has 0 spiro atoms. The van der Waals surface area contributed by atoms with Gasteiger partial charge in [-0.3, -0.25) is 4.79 Å². The zero-order valence-corrected chi connectivity index (χ0v) is 12.3. The van der Waals surface area contributed by atoms with E-state index in [1.807, 2.05) is 24.3 Å². The number of benzene rings is 1. The van der Waals surface area contributed by atoms with Crippen LogP contribution in [0.4, 0.5) is 5.69 Å². The molecule has 0 saturated carbocycles. The summed E-state index contributed by atoms with van der Waals surface area (Å²) in [5, 5.41) is 0.575. The summed E-state index contributed by atoms with van der Waals surface area (Å²) in [7, 11) is 0. The van der Waals surface area contributed by atoms with Crippen LogP contribution in [0.15, 0.2) is 36.7 Å². The molecule has 1 aromatic heterocycles. The number of hydrogen-bond donors (Lipinski definition) is 0. The average Bonchev–Trinajstić information content (AvgIpc) is 2.56. The van der Waals surface area contributed by atoms with Crippen LogP contribution in [-0.4, -0.2) is 29.3 Å². The lowest BCUT2D eigenvalue weighted by molar-refractivity contribution is 0.112. The molecule has 0 aliphatic carbocycles. The summed E-state index contributed by atoms with van der Waals surface area (Å²) in [6.45, 7) is 1.94. The Morgan fingerprint density at radius 1 is 1.10 bits per heavy atom. The number of aromatic nitrogens is 2. The van der Waals surface area contributed by atoms with Gasteiger partial charge in [-0.05, 0) is 37.1 Å². The second-order valence-electron chi connectivity index (χ2n) is 5.23. The minimum atomic E-state index is 0.396. The van der Waals surface area contributed by atoms with E-state index in [9.17, 15) is 4.79 Å². The lowest BCUT2D eigenvalue weighted by atomic mass is 9.95. The van der Waals surface area contributed by atoms with E-state index in [2.05, 4.69) is 14.9 Å². The average molecular weight is 302 g/mol. The van der Waals surface area contributed by atoms with Crippen LogP contribution in [0, 0.1) is 0 Å². The molecule has 1 saturated heterocycles. The van der Waals surface area contributed by atoms with Gasteiger partial charge in [-0.2, -0.15) is 0 Å². The highest BCUT2D eigenvalue weighted by atomic mass is 35.5. The molecule has 108 valence electrons. The van der Waals surface area contributed by atoms with Crippen molar-refractivity contribution in [3.63, 3.8) is 0 Å². The molecular weight excluding hydrogens is 286 g/mol. The first-order valence-electron chi connectivity index (χ1n) is 7.04. The van der Waals surface area contributed by atoms with Gasteiger partial charge in [-0.15, -0.1) is 0 Å². The van der Waals surface area contributed by atoms with E-state index in [0.717, 1.165) is 43.7 Å². The van der Waals surface area contributed by atoms with E-state index in [4.69, 9.17) is 11.6 Å². The summed E-state index contributed by atoms with van der Waals surface area (Å²) in [4.78, 5) is 21.7. The largest absolute Gasteiger partial charge is 0.371 e. The Morgan fingerprint density at radius 2 is 1.71 bits per heavy atom. The fourth-order valence-corrected chi connectivity index (χ4v) is 2.79. The first-order chi connectivity index (χ1) is 10.3. The molecule has 21 heavy (non-hydrogen) atoms. The molecule has 1 aromatic carbocycles. The van der Waals surface area contributed by atoms with E-state index in [0.29, 0.717) is 16.5 Å². The molecule has 0 radical (unpaired) electrons. The monoisotopic (exact) mass is 301 g/mol. The van der Waals surface area contributed by atoms with Crippen molar-refractivity contribution in [1.29, 1.82) is 0 Å². The number of carbonyl (C=O) groups is 1. The van der Waals surface area contributed by atoms with Gasteiger partial charge in [-0.1, -0.05) is 11.6 Å². The molecule has 1 aliphatic heterocycles. The zero-order valence-electron chi connectivity index (χ0n) is 11.6. The number of anilines is 1. The van der Waals surface area contributed by atoms with Crippen LogP contribution in [0.5, 0.6) is 0 Å². The van der Waals surface area contributed by atoms with Crippen LogP contribution in [0.2, 0.25) is 5.02 Å². The fourth-order valence-electron chi connectivity index (χ4n) is 2.69. The smallest absolute Gasteiger partial charge is 0.150 e. The lowest BCUT2D eigenvalue weighted by Crippen LogP contribution is -2.33. The van der Waals surface area contributed by atoms with Gasteiger partial charge < -0.3 is 4.90 Å².